The molecule has 0 bridgehead atoms. The van der Waals surface area contributed by atoms with Crippen LogP contribution in [0.4, 0.5) is 4.79 Å². The van der Waals surface area contributed by atoms with Crippen molar-refractivity contribution >= 4 is 41.1 Å². The lowest BCUT2D eigenvalue weighted by molar-refractivity contribution is -0.132. The smallest absolute Gasteiger partial charge is 0.407 e. The summed E-state index contributed by atoms with van der Waals surface area (Å²) in [5.74, 6) is 0.117. The van der Waals surface area contributed by atoms with Crippen molar-refractivity contribution in [3.05, 3.63) is 154 Å². The normalized spacial score (nSPS) is 14.1. The summed E-state index contributed by atoms with van der Waals surface area (Å²) in [6, 6.07) is 35.1. The Bertz CT molecular complexity index is 2250. The van der Waals surface area contributed by atoms with Gasteiger partial charge in [0.25, 0.3) is 0 Å². The van der Waals surface area contributed by atoms with E-state index in [0.717, 1.165) is 55.5 Å². The van der Waals surface area contributed by atoms with Crippen LogP contribution in [0.3, 0.4) is 0 Å². The maximum absolute atomic E-state index is 12.7. The van der Waals surface area contributed by atoms with E-state index in [0.29, 0.717) is 49.1 Å². The number of halogens is 2. The third-order valence-corrected chi connectivity index (χ3v) is 11.2. The zero-order chi connectivity index (χ0) is 45.1. The number of nitrogens with two attached hydrogens (primary N) is 1. The number of carbonyl (C=O) groups is 3. The molecule has 0 radical (unpaired) electrons. The quantitative estimate of drug-likeness (QED) is 0.0560. The minimum Gasteiger partial charge on any atom is -0.504 e. The van der Waals surface area contributed by atoms with Crippen LogP contribution in [0.15, 0.2) is 115 Å². The maximum Gasteiger partial charge on any atom is 0.407 e. The fourth-order valence-electron chi connectivity index (χ4n) is 7.73. The summed E-state index contributed by atoms with van der Waals surface area (Å²) in [6.07, 6.45) is 3.60. The number of phenols is 4. The number of hydrogen-bond donors (Lipinski definition) is 6. The third-order valence-electron chi connectivity index (χ3n) is 11.2. The number of nitrogens with zero attached hydrogens (tertiary/aromatic N) is 2. The second-order valence-corrected chi connectivity index (χ2v) is 16.3. The van der Waals surface area contributed by atoms with Gasteiger partial charge in [0.1, 0.15) is 6.61 Å². The highest BCUT2D eigenvalue weighted by Crippen LogP contribution is 2.31. The molecule has 0 unspecified atom stereocenters. The Hall–Kier alpha value is -5.95. The number of aromatic hydroxyl groups is 4. The lowest BCUT2D eigenvalue weighted by atomic mass is 9.88. The molecular weight excluding hydrogens is 843 g/mol. The number of hydrogen-bond acceptors (Lipinski definition) is 9. The van der Waals surface area contributed by atoms with E-state index >= 15 is 0 Å². The Morgan fingerprint density at radius 3 is 1.48 bits per heavy atom. The number of alkyl halides is 2. The molecule has 2 aliphatic rings. The van der Waals surface area contributed by atoms with Crippen molar-refractivity contribution < 1.29 is 39.5 Å². The van der Waals surface area contributed by atoms with Crippen LogP contribution < -0.4 is 11.1 Å². The first-order chi connectivity index (χ1) is 30.5. The SMILES string of the molecule is ClCCl.NCc1cccc(C2CCN(C(=O)Cc3ccc(O)c(O)c3)CC2)c1.O=C(NCc1cccc(C2CCN(C(=O)Cc3ccc(O)c(O)c3)CC2)c1)OCc1ccccc1. The molecule has 5 aromatic rings. The number of alkyl carbamates (subject to hydrolysis) is 1. The highest BCUT2D eigenvalue weighted by molar-refractivity contribution is 6.40. The predicted molar refractivity (Wildman–Crippen MR) is 245 cm³/mol. The molecule has 7 rings (SSSR count). The predicted octanol–water partition coefficient (Wildman–Crippen LogP) is 8.40. The zero-order valence-corrected chi connectivity index (χ0v) is 36.7. The van der Waals surface area contributed by atoms with Crippen LogP contribution in [0.5, 0.6) is 23.0 Å². The Balaban J connectivity index is 0.000000235. The second kappa shape index (κ2) is 24.6. The van der Waals surface area contributed by atoms with Gasteiger partial charge in [-0.2, -0.15) is 0 Å². The van der Waals surface area contributed by atoms with Gasteiger partial charge in [0.2, 0.25) is 11.8 Å². The Labute approximate surface area is 378 Å². The van der Waals surface area contributed by atoms with Crippen LogP contribution in [0.2, 0.25) is 0 Å². The summed E-state index contributed by atoms with van der Waals surface area (Å²) >= 11 is 9.53. The number of ether oxygens (including phenoxy) is 1. The van der Waals surface area contributed by atoms with Crippen LogP contribution >= 0.6 is 23.2 Å². The molecule has 0 atom stereocenters. The summed E-state index contributed by atoms with van der Waals surface area (Å²) in [5.41, 5.74) is 12.7. The van der Waals surface area contributed by atoms with Gasteiger partial charge in [-0.25, -0.2) is 4.79 Å². The van der Waals surface area contributed by atoms with Gasteiger partial charge in [-0.3, -0.25) is 9.59 Å². The minimum absolute atomic E-state index is 0.0144. The van der Waals surface area contributed by atoms with Crippen LogP contribution in [0, 0.1) is 0 Å². The van der Waals surface area contributed by atoms with Gasteiger partial charge >= 0.3 is 6.09 Å². The van der Waals surface area contributed by atoms with Gasteiger partial charge in [-0.15, -0.1) is 23.2 Å². The van der Waals surface area contributed by atoms with Crippen LogP contribution in [-0.2, 0) is 46.9 Å². The maximum atomic E-state index is 12.7. The molecule has 334 valence electrons. The number of nitrogens with one attached hydrogen (secondary N) is 1. The average Bonchev–Trinajstić information content (AvgIpc) is 3.31. The summed E-state index contributed by atoms with van der Waals surface area (Å²) in [6.45, 7) is 3.98. The zero-order valence-electron chi connectivity index (χ0n) is 35.2. The van der Waals surface area contributed by atoms with E-state index in [1.807, 2.05) is 64.4 Å². The van der Waals surface area contributed by atoms with Crippen molar-refractivity contribution in [3.8, 4) is 23.0 Å². The fraction of sp³-hybridized carbons (Fsp3) is 0.327. The number of amides is 3. The molecule has 2 fully saturated rings. The Kier molecular flexibility index (Phi) is 18.8. The van der Waals surface area contributed by atoms with Crippen LogP contribution in [0.25, 0.3) is 0 Å². The molecule has 3 amide bonds. The molecule has 63 heavy (non-hydrogen) atoms. The molecular formula is C49H56Cl2N4O8. The number of rotatable bonds is 11. The average molecular weight is 900 g/mol. The number of piperidine rings is 2. The first-order valence-corrected chi connectivity index (χ1v) is 22.0. The molecule has 5 aromatic carbocycles. The molecule has 2 heterocycles. The van der Waals surface area contributed by atoms with E-state index in [1.165, 1.54) is 35.4 Å². The minimum atomic E-state index is -0.451. The molecule has 14 heteroatoms. The lowest BCUT2D eigenvalue weighted by Crippen LogP contribution is -2.38. The molecule has 2 aliphatic heterocycles. The monoisotopic (exact) mass is 898 g/mol. The van der Waals surface area contributed by atoms with Gasteiger partial charge < -0.3 is 46.0 Å². The van der Waals surface area contributed by atoms with Crippen LogP contribution in [0.1, 0.15) is 76.5 Å². The first kappa shape index (κ1) is 48.1. The van der Waals surface area contributed by atoms with Crippen molar-refractivity contribution in [3.63, 3.8) is 0 Å². The molecule has 0 aliphatic carbocycles. The third kappa shape index (κ3) is 15.1. The molecule has 0 spiro atoms. The Morgan fingerprint density at radius 2 is 1.02 bits per heavy atom. The van der Waals surface area contributed by atoms with Crippen LogP contribution in [-0.4, -0.2) is 79.7 Å². The van der Waals surface area contributed by atoms with Crippen molar-refractivity contribution in [1.82, 2.24) is 15.1 Å². The van der Waals surface area contributed by atoms with Gasteiger partial charge in [-0.1, -0.05) is 91.0 Å². The number of likely N-dealkylation sites (tertiary alicyclic amines) is 2. The van der Waals surface area contributed by atoms with Gasteiger partial charge in [0.05, 0.1) is 18.2 Å². The summed E-state index contributed by atoms with van der Waals surface area (Å²) < 4.78 is 5.27. The molecule has 12 nitrogen and oxygen atoms in total. The van der Waals surface area contributed by atoms with E-state index in [4.69, 9.17) is 33.7 Å². The highest BCUT2D eigenvalue weighted by Gasteiger charge is 2.26. The number of benzene rings is 5. The number of phenolic OH excluding ortho intramolecular Hbond substituents is 4. The topological polar surface area (TPSA) is 186 Å². The summed E-state index contributed by atoms with van der Waals surface area (Å²) in [5, 5.41) is 41.0. The number of carbonyl (C=O) groups excluding carboxylic acids is 3. The summed E-state index contributed by atoms with van der Waals surface area (Å²) in [4.78, 5) is 40.9. The highest BCUT2D eigenvalue weighted by atomic mass is 35.5. The summed E-state index contributed by atoms with van der Waals surface area (Å²) in [7, 11) is 0. The van der Waals surface area contributed by atoms with Crippen molar-refractivity contribution in [1.29, 1.82) is 0 Å². The van der Waals surface area contributed by atoms with E-state index in [1.54, 1.807) is 12.1 Å². The molecule has 0 saturated carbocycles. The fourth-order valence-corrected chi connectivity index (χ4v) is 7.73. The first-order valence-electron chi connectivity index (χ1n) is 21.0. The largest absolute Gasteiger partial charge is 0.504 e. The van der Waals surface area contributed by atoms with Gasteiger partial charge in [0.15, 0.2) is 23.0 Å². The second-order valence-electron chi connectivity index (χ2n) is 15.5. The van der Waals surface area contributed by atoms with E-state index < -0.39 is 6.09 Å². The van der Waals surface area contributed by atoms with Crippen molar-refractivity contribution in [2.75, 3.05) is 31.5 Å². The van der Waals surface area contributed by atoms with E-state index in [-0.39, 0.29) is 59.6 Å². The van der Waals surface area contributed by atoms with Gasteiger partial charge in [-0.05, 0) is 101 Å². The van der Waals surface area contributed by atoms with Crippen molar-refractivity contribution in [2.45, 2.75) is 70.1 Å². The Morgan fingerprint density at radius 1 is 0.571 bits per heavy atom. The van der Waals surface area contributed by atoms with E-state index in [2.05, 4.69) is 29.6 Å². The lowest BCUT2D eigenvalue weighted by Gasteiger charge is -2.32. The molecule has 7 N–H and O–H groups in total. The molecule has 2 saturated heterocycles. The van der Waals surface area contributed by atoms with E-state index in [9.17, 15) is 34.8 Å². The molecule has 0 aromatic heterocycles. The standard InChI is InChI=1S/C28H30N2O5.C20H24N2O3.CH2Cl2/c31-25-10-9-21(16-26(25)32)17-27(33)30-13-11-23(12-14-30)24-8-4-7-22(15-24)18-29-28(34)35-19-20-5-2-1-3-6-20;21-13-15-2-1-3-17(10-15)16-6-8-22(9-7-16)20(25)12-14-4-5-18(23)19(24)11-14;2-1-3/h1-10,15-16,23,31-32H,11-14,17-19H2,(H,29,34);1-5,10-11,16,23-24H,6-9,12-13,21H2;1H2. The van der Waals surface area contributed by atoms with Gasteiger partial charge in [0, 0.05) is 39.3 Å². The van der Waals surface area contributed by atoms with Crippen molar-refractivity contribution in [2.24, 2.45) is 5.73 Å².